The highest BCUT2D eigenvalue weighted by Crippen LogP contribution is 2.18. The highest BCUT2D eigenvalue weighted by atomic mass is 16.6. The molecule has 0 aromatic carbocycles. The van der Waals surface area contributed by atoms with Crippen molar-refractivity contribution in [1.82, 2.24) is 0 Å². The van der Waals surface area contributed by atoms with E-state index in [0.717, 1.165) is 6.42 Å². The van der Waals surface area contributed by atoms with Gasteiger partial charge in [-0.3, -0.25) is 0 Å². The molecule has 136 valence electrons. The number of ether oxygens (including phenoxy) is 2. The molecule has 3 N–H and O–H groups in total. The van der Waals surface area contributed by atoms with Crippen LogP contribution in [0.25, 0.3) is 0 Å². The molecule has 1 saturated heterocycles. The van der Waals surface area contributed by atoms with Gasteiger partial charge < -0.3 is 24.8 Å². The lowest BCUT2D eigenvalue weighted by Gasteiger charge is -2.37. The molecule has 5 nitrogen and oxygen atoms in total. The zero-order valence-electron chi connectivity index (χ0n) is 14.4. The standard InChI is InChI=1S/C18H34O5/c1-2-3-4-5-6-7-8-9-10-11-12-22-18-16(13-19)23-14-15(20)17(18)21/h10-11,15-21H,2-9,12-14H2,1H3/b11-10+/t15-,16+,17+,18+/m1/s1. The van der Waals surface area contributed by atoms with Crippen molar-refractivity contribution in [1.29, 1.82) is 0 Å². The van der Waals surface area contributed by atoms with Crippen molar-refractivity contribution in [3.05, 3.63) is 12.2 Å². The molecule has 1 fully saturated rings. The summed E-state index contributed by atoms with van der Waals surface area (Å²) in [7, 11) is 0. The van der Waals surface area contributed by atoms with Crippen molar-refractivity contribution < 1.29 is 24.8 Å². The topological polar surface area (TPSA) is 79.2 Å². The molecule has 1 aliphatic heterocycles. The summed E-state index contributed by atoms with van der Waals surface area (Å²) in [5.74, 6) is 0. The Morgan fingerprint density at radius 3 is 2.43 bits per heavy atom. The fourth-order valence-electron chi connectivity index (χ4n) is 2.79. The lowest BCUT2D eigenvalue weighted by atomic mass is 10.0. The average Bonchev–Trinajstić information content (AvgIpc) is 2.56. The minimum atomic E-state index is -1.02. The SMILES string of the molecule is CCCCCCCCC/C=C/CO[C@@H]1[C@@H](O)[C@H](O)CO[C@H]1CO. The molecule has 0 aromatic heterocycles. The van der Waals surface area contributed by atoms with Crippen molar-refractivity contribution in [2.45, 2.75) is 82.7 Å². The third kappa shape index (κ3) is 8.27. The zero-order valence-corrected chi connectivity index (χ0v) is 14.4. The molecule has 5 heteroatoms. The molecule has 0 spiro atoms. The molecule has 23 heavy (non-hydrogen) atoms. The van der Waals surface area contributed by atoms with Crippen LogP contribution in [0.2, 0.25) is 0 Å². The maximum atomic E-state index is 9.91. The Hall–Kier alpha value is -0.460. The van der Waals surface area contributed by atoms with Crippen LogP contribution < -0.4 is 0 Å². The molecule has 1 aliphatic rings. The highest BCUT2D eigenvalue weighted by Gasteiger charge is 2.38. The Morgan fingerprint density at radius 1 is 1.04 bits per heavy atom. The molecule has 0 aliphatic carbocycles. The molecule has 0 saturated carbocycles. The molecular weight excluding hydrogens is 296 g/mol. The van der Waals surface area contributed by atoms with E-state index in [1.807, 2.05) is 6.08 Å². The van der Waals surface area contributed by atoms with Crippen LogP contribution in [0.3, 0.4) is 0 Å². The van der Waals surface area contributed by atoms with E-state index in [4.69, 9.17) is 9.47 Å². The second kappa shape index (κ2) is 12.9. The molecule has 0 radical (unpaired) electrons. The van der Waals surface area contributed by atoms with Crippen LogP contribution in [-0.4, -0.2) is 59.6 Å². The van der Waals surface area contributed by atoms with Gasteiger partial charge in [-0.1, -0.05) is 57.6 Å². The van der Waals surface area contributed by atoms with Gasteiger partial charge in [0.1, 0.15) is 24.4 Å². The summed E-state index contributed by atoms with van der Waals surface area (Å²) in [6, 6.07) is 0. The lowest BCUT2D eigenvalue weighted by Crippen LogP contribution is -2.55. The summed E-state index contributed by atoms with van der Waals surface area (Å²) < 4.78 is 10.8. The first-order chi connectivity index (χ1) is 11.2. The second-order valence-electron chi connectivity index (χ2n) is 6.29. The van der Waals surface area contributed by atoms with Crippen LogP contribution in [0.5, 0.6) is 0 Å². The zero-order chi connectivity index (χ0) is 16.9. The van der Waals surface area contributed by atoms with Crippen LogP contribution in [0.15, 0.2) is 12.2 Å². The second-order valence-corrected chi connectivity index (χ2v) is 6.29. The number of hydrogen-bond donors (Lipinski definition) is 3. The van der Waals surface area contributed by atoms with Crippen LogP contribution in [0.1, 0.15) is 58.3 Å². The molecular formula is C18H34O5. The van der Waals surface area contributed by atoms with Gasteiger partial charge in [0.05, 0.1) is 19.8 Å². The van der Waals surface area contributed by atoms with E-state index in [2.05, 4.69) is 13.0 Å². The summed E-state index contributed by atoms with van der Waals surface area (Å²) in [5.41, 5.74) is 0. The van der Waals surface area contributed by atoms with Gasteiger partial charge in [-0.05, 0) is 12.8 Å². The monoisotopic (exact) mass is 330 g/mol. The Kier molecular flexibility index (Phi) is 11.5. The largest absolute Gasteiger partial charge is 0.394 e. The van der Waals surface area contributed by atoms with Gasteiger partial charge in [0.2, 0.25) is 0 Å². The summed E-state index contributed by atoms with van der Waals surface area (Å²) in [5, 5.41) is 28.7. The Morgan fingerprint density at radius 2 is 1.74 bits per heavy atom. The number of hydrogen-bond acceptors (Lipinski definition) is 5. The maximum absolute atomic E-state index is 9.91. The number of aliphatic hydroxyl groups excluding tert-OH is 3. The molecule has 1 heterocycles. The van der Waals surface area contributed by atoms with Gasteiger partial charge in [0.15, 0.2) is 0 Å². The third-order valence-electron chi connectivity index (χ3n) is 4.28. The predicted molar refractivity (Wildman–Crippen MR) is 90.3 cm³/mol. The number of rotatable bonds is 12. The van der Waals surface area contributed by atoms with E-state index >= 15 is 0 Å². The van der Waals surface area contributed by atoms with Crippen LogP contribution >= 0.6 is 0 Å². The van der Waals surface area contributed by atoms with Gasteiger partial charge >= 0.3 is 0 Å². The van der Waals surface area contributed by atoms with Crippen molar-refractivity contribution in [2.24, 2.45) is 0 Å². The Labute approximate surface area is 140 Å². The Balaban J connectivity index is 2.08. The first kappa shape index (κ1) is 20.6. The van der Waals surface area contributed by atoms with Crippen LogP contribution in [0, 0.1) is 0 Å². The van der Waals surface area contributed by atoms with Gasteiger partial charge in [-0.15, -0.1) is 0 Å². The summed E-state index contributed by atoms with van der Waals surface area (Å²) >= 11 is 0. The van der Waals surface area contributed by atoms with Crippen LogP contribution in [0.4, 0.5) is 0 Å². The third-order valence-corrected chi connectivity index (χ3v) is 4.28. The minimum absolute atomic E-state index is 0.0281. The predicted octanol–water partition coefficient (Wildman–Crippen LogP) is 2.18. The molecule has 0 aromatic rings. The van der Waals surface area contributed by atoms with E-state index < -0.39 is 24.4 Å². The Bertz CT molecular complexity index is 306. The first-order valence-corrected chi connectivity index (χ1v) is 9.05. The van der Waals surface area contributed by atoms with E-state index in [1.54, 1.807) is 0 Å². The quantitative estimate of drug-likeness (QED) is 0.377. The number of allylic oxidation sites excluding steroid dienone is 1. The molecule has 0 unspecified atom stereocenters. The first-order valence-electron chi connectivity index (χ1n) is 9.05. The van der Waals surface area contributed by atoms with Gasteiger partial charge in [0.25, 0.3) is 0 Å². The summed E-state index contributed by atoms with van der Waals surface area (Å²) in [6.45, 7) is 2.39. The highest BCUT2D eigenvalue weighted by molar-refractivity contribution is 4.89. The van der Waals surface area contributed by atoms with E-state index in [9.17, 15) is 15.3 Å². The van der Waals surface area contributed by atoms with E-state index in [-0.39, 0.29) is 13.2 Å². The minimum Gasteiger partial charge on any atom is -0.394 e. The normalized spacial score (nSPS) is 28.5. The van der Waals surface area contributed by atoms with Gasteiger partial charge in [0, 0.05) is 0 Å². The van der Waals surface area contributed by atoms with Gasteiger partial charge in [-0.25, -0.2) is 0 Å². The fraction of sp³-hybridized carbons (Fsp3) is 0.889. The molecule has 1 rings (SSSR count). The lowest BCUT2D eigenvalue weighted by molar-refractivity contribution is -0.208. The van der Waals surface area contributed by atoms with E-state index in [1.165, 1.54) is 44.9 Å². The molecule has 4 atom stereocenters. The average molecular weight is 330 g/mol. The summed E-state index contributed by atoms with van der Waals surface area (Å²) in [6.07, 6.45) is 10.9. The van der Waals surface area contributed by atoms with Crippen molar-refractivity contribution in [3.63, 3.8) is 0 Å². The van der Waals surface area contributed by atoms with E-state index in [0.29, 0.717) is 6.61 Å². The molecule has 0 amide bonds. The number of unbranched alkanes of at least 4 members (excludes halogenated alkanes) is 7. The van der Waals surface area contributed by atoms with Crippen molar-refractivity contribution in [3.8, 4) is 0 Å². The van der Waals surface area contributed by atoms with Crippen LogP contribution in [-0.2, 0) is 9.47 Å². The van der Waals surface area contributed by atoms with Gasteiger partial charge in [-0.2, -0.15) is 0 Å². The fourth-order valence-corrected chi connectivity index (χ4v) is 2.79. The molecule has 0 bridgehead atoms. The number of aliphatic hydroxyl groups is 3. The van der Waals surface area contributed by atoms with Crippen molar-refractivity contribution in [2.75, 3.05) is 19.8 Å². The maximum Gasteiger partial charge on any atom is 0.115 e. The van der Waals surface area contributed by atoms with Crippen molar-refractivity contribution >= 4 is 0 Å². The smallest absolute Gasteiger partial charge is 0.115 e. The summed E-state index contributed by atoms with van der Waals surface area (Å²) in [4.78, 5) is 0.